The molecule has 2 aromatic heterocycles. The summed E-state index contributed by atoms with van der Waals surface area (Å²) in [7, 11) is 0. The first-order valence-corrected chi connectivity index (χ1v) is 8.46. The van der Waals surface area contributed by atoms with Crippen LogP contribution in [0.15, 0.2) is 63.8 Å². The Morgan fingerprint density at radius 2 is 1.77 bits per heavy atom. The molecule has 0 aliphatic heterocycles. The Hall–Kier alpha value is -3.34. The number of rotatable bonds is 4. The van der Waals surface area contributed by atoms with Crippen LogP contribution in [0.5, 0.6) is 0 Å². The van der Waals surface area contributed by atoms with Crippen molar-refractivity contribution in [3.63, 3.8) is 0 Å². The minimum atomic E-state index is -1.22. The maximum atomic E-state index is 13.1. The average Bonchev–Trinajstić information content (AvgIpc) is 2.97. The molecule has 130 valence electrons. The van der Waals surface area contributed by atoms with Gasteiger partial charge in [0, 0.05) is 11.9 Å². The van der Waals surface area contributed by atoms with Gasteiger partial charge in [0.25, 0.3) is 0 Å². The molecule has 4 rings (SSSR count). The lowest BCUT2D eigenvalue weighted by atomic mass is 10.1. The van der Waals surface area contributed by atoms with E-state index in [0.29, 0.717) is 24.1 Å². The van der Waals surface area contributed by atoms with Gasteiger partial charge in [0.1, 0.15) is 5.52 Å². The number of aromatic nitrogens is 1. The Morgan fingerprint density at radius 3 is 2.46 bits per heavy atom. The number of carbonyl (C=O) groups is 1. The Labute approximate surface area is 149 Å². The predicted molar refractivity (Wildman–Crippen MR) is 99.9 cm³/mol. The molecule has 4 aromatic rings. The van der Waals surface area contributed by atoms with Crippen molar-refractivity contribution < 1.29 is 14.3 Å². The average molecular weight is 347 g/mol. The lowest BCUT2D eigenvalue weighted by Gasteiger charge is -2.08. The summed E-state index contributed by atoms with van der Waals surface area (Å²) >= 11 is 0. The van der Waals surface area contributed by atoms with E-state index in [1.165, 1.54) is 0 Å². The van der Waals surface area contributed by atoms with Crippen LogP contribution < -0.4 is 5.43 Å². The monoisotopic (exact) mass is 347 g/mol. The zero-order valence-electron chi connectivity index (χ0n) is 14.2. The van der Waals surface area contributed by atoms with Crippen LogP contribution in [0.1, 0.15) is 28.6 Å². The number of hydrogen-bond acceptors (Lipinski definition) is 3. The summed E-state index contributed by atoms with van der Waals surface area (Å²) in [4.78, 5) is 24.7. The fraction of sp³-hybridized carbons (Fsp3) is 0.143. The van der Waals surface area contributed by atoms with Crippen LogP contribution in [0.3, 0.4) is 0 Å². The van der Waals surface area contributed by atoms with Crippen LogP contribution in [0.2, 0.25) is 0 Å². The maximum Gasteiger partial charge on any atom is 0.372 e. The minimum absolute atomic E-state index is 0.196. The van der Waals surface area contributed by atoms with Gasteiger partial charge in [-0.1, -0.05) is 49.4 Å². The number of carboxylic acid groups (broad SMARTS) is 1. The van der Waals surface area contributed by atoms with Crippen LogP contribution >= 0.6 is 0 Å². The Balaban J connectivity index is 2.12. The molecule has 0 aliphatic carbocycles. The van der Waals surface area contributed by atoms with E-state index >= 15 is 0 Å². The Bertz CT molecular complexity index is 1190. The van der Waals surface area contributed by atoms with Crippen LogP contribution in [0, 0.1) is 0 Å². The van der Waals surface area contributed by atoms with E-state index in [0.717, 1.165) is 16.5 Å². The van der Waals surface area contributed by atoms with E-state index in [2.05, 4.69) is 0 Å². The molecular weight excluding hydrogens is 330 g/mol. The quantitative estimate of drug-likeness (QED) is 0.604. The van der Waals surface area contributed by atoms with Gasteiger partial charge in [0.2, 0.25) is 11.2 Å². The highest BCUT2D eigenvalue weighted by Gasteiger charge is 2.23. The van der Waals surface area contributed by atoms with E-state index in [1.54, 1.807) is 6.92 Å². The molecule has 0 saturated carbocycles. The van der Waals surface area contributed by atoms with Crippen molar-refractivity contribution >= 4 is 28.0 Å². The van der Waals surface area contributed by atoms with Crippen LogP contribution in [0.4, 0.5) is 0 Å². The summed E-state index contributed by atoms with van der Waals surface area (Å²) in [5.41, 5.74) is 2.56. The van der Waals surface area contributed by atoms with Crippen molar-refractivity contribution in [2.24, 2.45) is 0 Å². The van der Waals surface area contributed by atoms with Gasteiger partial charge < -0.3 is 14.1 Å². The molecule has 26 heavy (non-hydrogen) atoms. The molecule has 0 radical (unpaired) electrons. The van der Waals surface area contributed by atoms with Crippen molar-refractivity contribution in [1.82, 2.24) is 4.57 Å². The maximum absolute atomic E-state index is 13.1. The number of aromatic carboxylic acids is 1. The summed E-state index contributed by atoms with van der Waals surface area (Å²) in [5.74, 6) is -1.49. The molecule has 5 heteroatoms. The normalized spacial score (nSPS) is 11.3. The van der Waals surface area contributed by atoms with E-state index < -0.39 is 5.97 Å². The molecule has 0 spiro atoms. The second-order valence-electron chi connectivity index (χ2n) is 6.16. The summed E-state index contributed by atoms with van der Waals surface area (Å²) < 4.78 is 7.65. The summed E-state index contributed by atoms with van der Waals surface area (Å²) in [6.45, 7) is 2.26. The highest BCUT2D eigenvalue weighted by atomic mass is 16.4. The Kier molecular flexibility index (Phi) is 3.84. The standard InChI is InChI=1S/C21H17NO4/c1-2-14-18(23)17-19(26-20(14)21(24)25)15-10-6-7-11-16(15)22(17)12-13-8-4-3-5-9-13/h3-11H,2,12H2,1H3,(H,24,25). The lowest BCUT2D eigenvalue weighted by molar-refractivity contribution is 0.0661. The zero-order chi connectivity index (χ0) is 18.3. The van der Waals surface area contributed by atoms with Crippen molar-refractivity contribution in [2.75, 3.05) is 0 Å². The summed E-state index contributed by atoms with van der Waals surface area (Å²) in [6, 6.07) is 17.3. The first kappa shape index (κ1) is 16.1. The third-order valence-electron chi connectivity index (χ3n) is 4.62. The van der Waals surface area contributed by atoms with Gasteiger partial charge >= 0.3 is 5.97 Å². The van der Waals surface area contributed by atoms with Gasteiger partial charge in [-0.25, -0.2) is 4.79 Å². The molecule has 5 nitrogen and oxygen atoms in total. The van der Waals surface area contributed by atoms with E-state index in [-0.39, 0.29) is 16.8 Å². The molecule has 0 aliphatic rings. The van der Waals surface area contributed by atoms with Gasteiger partial charge in [-0.05, 0) is 24.1 Å². The summed E-state index contributed by atoms with van der Waals surface area (Å²) in [5, 5.41) is 10.2. The van der Waals surface area contributed by atoms with Crippen LogP contribution in [-0.2, 0) is 13.0 Å². The topological polar surface area (TPSA) is 72.4 Å². The zero-order valence-corrected chi connectivity index (χ0v) is 14.2. The van der Waals surface area contributed by atoms with Gasteiger partial charge in [-0.15, -0.1) is 0 Å². The smallest absolute Gasteiger partial charge is 0.372 e. The van der Waals surface area contributed by atoms with Gasteiger partial charge in [0.05, 0.1) is 11.1 Å². The molecule has 0 fully saturated rings. The van der Waals surface area contributed by atoms with Gasteiger partial charge in [0.15, 0.2) is 5.58 Å². The molecule has 0 saturated heterocycles. The molecule has 0 bridgehead atoms. The highest BCUT2D eigenvalue weighted by molar-refractivity contribution is 6.05. The second kappa shape index (κ2) is 6.19. The fourth-order valence-corrected chi connectivity index (χ4v) is 3.43. The number of fused-ring (bicyclic) bond motifs is 3. The Morgan fingerprint density at radius 1 is 1.08 bits per heavy atom. The molecule has 0 atom stereocenters. The highest BCUT2D eigenvalue weighted by Crippen LogP contribution is 2.29. The van der Waals surface area contributed by atoms with E-state index in [9.17, 15) is 14.7 Å². The fourth-order valence-electron chi connectivity index (χ4n) is 3.43. The van der Waals surface area contributed by atoms with Crippen molar-refractivity contribution in [2.45, 2.75) is 19.9 Å². The SMILES string of the molecule is CCc1c(C(=O)O)oc2c3ccccc3n(Cc3ccccc3)c2c1=O. The van der Waals surface area contributed by atoms with Gasteiger partial charge in [-0.3, -0.25) is 4.79 Å². The molecule has 2 aromatic carbocycles. The van der Waals surface area contributed by atoms with Crippen molar-refractivity contribution in [3.05, 3.63) is 81.7 Å². The number of benzene rings is 2. The number of hydrogen-bond donors (Lipinski definition) is 1. The lowest BCUT2D eigenvalue weighted by Crippen LogP contribution is -2.17. The molecule has 0 unspecified atom stereocenters. The molecule has 2 heterocycles. The third-order valence-corrected chi connectivity index (χ3v) is 4.62. The first-order chi connectivity index (χ1) is 12.6. The predicted octanol–water partition coefficient (Wildman–Crippen LogP) is 4.06. The van der Waals surface area contributed by atoms with Crippen LogP contribution in [-0.4, -0.2) is 15.6 Å². The third kappa shape index (κ3) is 2.40. The number of carboxylic acids is 1. The van der Waals surface area contributed by atoms with E-state index in [4.69, 9.17) is 4.42 Å². The largest absolute Gasteiger partial charge is 0.475 e. The van der Waals surface area contributed by atoms with Crippen LogP contribution in [0.25, 0.3) is 22.0 Å². The van der Waals surface area contributed by atoms with E-state index in [1.807, 2.05) is 59.2 Å². The van der Waals surface area contributed by atoms with Crippen molar-refractivity contribution in [3.8, 4) is 0 Å². The molecule has 0 amide bonds. The summed E-state index contributed by atoms with van der Waals surface area (Å²) in [6.07, 6.45) is 0.298. The number of para-hydroxylation sites is 1. The van der Waals surface area contributed by atoms with Gasteiger partial charge in [-0.2, -0.15) is 0 Å². The first-order valence-electron chi connectivity index (χ1n) is 8.46. The number of nitrogens with zero attached hydrogens (tertiary/aromatic N) is 1. The molecular formula is C21H17NO4. The minimum Gasteiger partial charge on any atom is -0.475 e. The second-order valence-corrected chi connectivity index (χ2v) is 6.16. The molecule has 1 N–H and O–H groups in total. The van der Waals surface area contributed by atoms with Crippen molar-refractivity contribution in [1.29, 1.82) is 0 Å².